The van der Waals surface area contributed by atoms with E-state index < -0.39 is 16.5 Å². The number of carbonyl (C=O) groups excluding carboxylic acids is 1. The first-order chi connectivity index (χ1) is 13.5. The van der Waals surface area contributed by atoms with Gasteiger partial charge in [-0.1, -0.05) is 41.4 Å². The molecule has 1 aliphatic rings. The number of amides is 1. The van der Waals surface area contributed by atoms with Gasteiger partial charge in [-0.3, -0.25) is 4.79 Å². The van der Waals surface area contributed by atoms with Crippen LogP contribution in [0.3, 0.4) is 0 Å². The summed E-state index contributed by atoms with van der Waals surface area (Å²) in [5.41, 5.74) is 0.300. The first-order valence-electron chi connectivity index (χ1n) is 9.41. The topological polar surface area (TPSA) is 29.5 Å². The maximum absolute atomic E-state index is 14.1. The van der Waals surface area contributed by atoms with Gasteiger partial charge in [-0.15, -0.1) is 5.11 Å². The van der Waals surface area contributed by atoms with Gasteiger partial charge in [0.15, 0.2) is 17.2 Å². The predicted octanol–water partition coefficient (Wildman–Crippen LogP) is 3.62. The van der Waals surface area contributed by atoms with Crippen LogP contribution in [0.1, 0.15) is 43.9 Å². The van der Waals surface area contributed by atoms with Crippen molar-refractivity contribution >= 4 is 41.0 Å². The number of benzene rings is 2. The highest BCUT2D eigenvalue weighted by Crippen LogP contribution is 2.35. The van der Waals surface area contributed by atoms with Crippen molar-refractivity contribution in [2.75, 3.05) is 6.54 Å². The molecule has 6 radical (unpaired) electrons. The van der Waals surface area contributed by atoms with E-state index in [2.05, 4.69) is 0 Å². The molecule has 8 heteroatoms. The van der Waals surface area contributed by atoms with Crippen molar-refractivity contribution in [2.24, 2.45) is 0 Å². The molecule has 0 N–H and O–H groups in total. The highest BCUT2D eigenvalue weighted by molar-refractivity contribution is 6.58. The predicted molar refractivity (Wildman–Crippen MR) is 115 cm³/mol. The number of hydrogen-bond donors (Lipinski definition) is 0. The maximum atomic E-state index is 14.1. The van der Waals surface area contributed by atoms with Crippen LogP contribution in [0.5, 0.6) is 5.75 Å². The lowest BCUT2D eigenvalue weighted by atomic mass is 9.40. The number of rotatable bonds is 5. The SMILES string of the molecule is [B]C([B])([B])c1ccc(C2CCCN2C(=O)C(C)(C)Oc2ccc(Cl)cc2F)cc1. The van der Waals surface area contributed by atoms with E-state index in [-0.39, 0.29) is 22.7 Å². The third-order valence-electron chi connectivity index (χ3n) is 5.08. The van der Waals surface area contributed by atoms with Crippen molar-refractivity contribution in [1.29, 1.82) is 0 Å². The van der Waals surface area contributed by atoms with E-state index in [9.17, 15) is 9.18 Å². The molecule has 1 fully saturated rings. The fraction of sp³-hybridized carbons (Fsp3) is 0.381. The van der Waals surface area contributed by atoms with Crippen LogP contribution in [-0.4, -0.2) is 46.5 Å². The molecular formula is C21H20B3ClFNO2. The molecule has 0 spiro atoms. The first kappa shape index (κ1) is 21.8. The quantitative estimate of drug-likeness (QED) is 0.712. The lowest BCUT2D eigenvalue weighted by molar-refractivity contribution is -0.146. The highest BCUT2D eigenvalue weighted by Gasteiger charge is 2.40. The van der Waals surface area contributed by atoms with Crippen molar-refractivity contribution in [3.05, 3.63) is 64.4 Å². The van der Waals surface area contributed by atoms with Crippen LogP contribution >= 0.6 is 11.6 Å². The zero-order valence-electron chi connectivity index (χ0n) is 16.5. The van der Waals surface area contributed by atoms with Crippen LogP contribution < -0.4 is 4.74 Å². The van der Waals surface area contributed by atoms with Crippen molar-refractivity contribution < 1.29 is 13.9 Å². The van der Waals surface area contributed by atoms with Gasteiger partial charge in [-0.05, 0) is 50.5 Å². The Hall–Kier alpha value is -1.88. The number of carbonyl (C=O) groups is 1. The largest absolute Gasteiger partial charge is 0.475 e. The van der Waals surface area contributed by atoms with Crippen LogP contribution in [0.25, 0.3) is 0 Å². The number of likely N-dealkylation sites (tertiary alicyclic amines) is 1. The zero-order chi connectivity index (χ0) is 21.4. The Morgan fingerprint density at radius 2 is 1.83 bits per heavy atom. The molecule has 1 saturated heterocycles. The molecule has 0 saturated carbocycles. The van der Waals surface area contributed by atoms with Crippen molar-refractivity contribution in [3.8, 4) is 5.75 Å². The van der Waals surface area contributed by atoms with Gasteiger partial charge >= 0.3 is 0 Å². The Morgan fingerprint density at radius 1 is 1.17 bits per heavy atom. The monoisotopic (exact) mass is 405 g/mol. The molecular weight excluding hydrogens is 385 g/mol. The average molecular weight is 405 g/mol. The fourth-order valence-electron chi connectivity index (χ4n) is 3.57. The van der Waals surface area contributed by atoms with Crippen molar-refractivity contribution in [2.45, 2.75) is 43.4 Å². The Kier molecular flexibility index (Phi) is 6.10. The summed E-state index contributed by atoms with van der Waals surface area (Å²) in [5.74, 6) is -0.844. The van der Waals surface area contributed by atoms with Gasteiger partial charge in [0, 0.05) is 11.6 Å². The van der Waals surface area contributed by atoms with Crippen LogP contribution in [-0.2, 0) is 9.91 Å². The summed E-state index contributed by atoms with van der Waals surface area (Å²) in [6.07, 6.45) is 1.67. The van der Waals surface area contributed by atoms with E-state index in [0.29, 0.717) is 12.1 Å². The molecule has 3 nitrogen and oxygen atoms in total. The first-order valence-corrected chi connectivity index (χ1v) is 9.79. The molecule has 0 aromatic heterocycles. The van der Waals surface area contributed by atoms with Gasteiger partial charge in [-0.2, -0.15) is 0 Å². The molecule has 1 unspecified atom stereocenters. The molecule has 0 bridgehead atoms. The van der Waals surface area contributed by atoms with Gasteiger partial charge in [0.25, 0.3) is 5.91 Å². The normalized spacial score (nSPS) is 17.4. The fourth-order valence-corrected chi connectivity index (χ4v) is 3.73. The Bertz CT molecular complexity index is 900. The summed E-state index contributed by atoms with van der Waals surface area (Å²) in [5, 5.41) is -1.15. The van der Waals surface area contributed by atoms with Crippen LogP contribution in [0.2, 0.25) is 5.02 Å². The van der Waals surface area contributed by atoms with E-state index >= 15 is 0 Å². The van der Waals surface area contributed by atoms with Crippen molar-refractivity contribution in [1.82, 2.24) is 4.90 Å². The second-order valence-electron chi connectivity index (χ2n) is 7.90. The van der Waals surface area contributed by atoms with Crippen LogP contribution in [0.4, 0.5) is 4.39 Å². The van der Waals surface area contributed by atoms with Crippen molar-refractivity contribution in [3.63, 3.8) is 0 Å². The Labute approximate surface area is 180 Å². The summed E-state index contributed by atoms with van der Waals surface area (Å²) in [4.78, 5) is 15.0. The number of halogens is 2. The second kappa shape index (κ2) is 8.10. The summed E-state index contributed by atoms with van der Waals surface area (Å²) < 4.78 is 19.9. The molecule has 144 valence electrons. The van der Waals surface area contributed by atoms with Crippen LogP contribution in [0, 0.1) is 5.82 Å². The minimum absolute atomic E-state index is 0.0157. The Balaban J connectivity index is 1.79. The molecule has 1 atom stereocenters. The average Bonchev–Trinajstić information content (AvgIpc) is 3.12. The minimum atomic E-state index is -1.41. The third-order valence-corrected chi connectivity index (χ3v) is 5.32. The van der Waals surface area contributed by atoms with E-state index in [1.165, 1.54) is 12.1 Å². The van der Waals surface area contributed by atoms with Gasteiger partial charge < -0.3 is 9.64 Å². The lowest BCUT2D eigenvalue weighted by Crippen LogP contribution is -2.48. The third kappa shape index (κ3) is 4.83. The molecule has 1 amide bonds. The highest BCUT2D eigenvalue weighted by atomic mass is 35.5. The molecule has 0 aliphatic carbocycles. The van der Waals surface area contributed by atoms with E-state index in [4.69, 9.17) is 39.9 Å². The van der Waals surface area contributed by atoms with Gasteiger partial charge in [0.2, 0.25) is 0 Å². The zero-order valence-corrected chi connectivity index (χ0v) is 17.2. The molecule has 2 aromatic rings. The number of nitrogens with zero attached hydrogens (tertiary/aromatic N) is 1. The summed E-state index contributed by atoms with van der Waals surface area (Å²) in [6.45, 7) is 3.86. The molecule has 2 aromatic carbocycles. The molecule has 29 heavy (non-hydrogen) atoms. The van der Waals surface area contributed by atoms with E-state index in [1.807, 2.05) is 12.1 Å². The smallest absolute Gasteiger partial charge is 0.266 e. The molecule has 1 aliphatic heterocycles. The molecule has 1 heterocycles. The summed E-state index contributed by atoms with van der Waals surface area (Å²) >= 11 is 5.79. The molecule has 3 rings (SSSR count). The Morgan fingerprint density at radius 3 is 2.41 bits per heavy atom. The van der Waals surface area contributed by atoms with Gasteiger partial charge in [0.05, 0.1) is 29.6 Å². The minimum Gasteiger partial charge on any atom is -0.475 e. The van der Waals surface area contributed by atoms with E-state index in [1.54, 1.807) is 30.9 Å². The van der Waals surface area contributed by atoms with Crippen LogP contribution in [0.15, 0.2) is 42.5 Å². The second-order valence-corrected chi connectivity index (χ2v) is 8.34. The lowest BCUT2D eigenvalue weighted by Gasteiger charge is -2.34. The maximum Gasteiger partial charge on any atom is 0.266 e. The summed E-state index contributed by atoms with van der Waals surface area (Å²) in [6, 6.07) is 11.3. The number of ether oxygens (including phenoxy) is 1. The summed E-state index contributed by atoms with van der Waals surface area (Å²) in [7, 11) is 17.2. The van der Waals surface area contributed by atoms with Gasteiger partial charge in [0.1, 0.15) is 0 Å². The van der Waals surface area contributed by atoms with E-state index in [0.717, 1.165) is 24.5 Å². The van der Waals surface area contributed by atoms with Gasteiger partial charge in [-0.25, -0.2) is 4.39 Å². The standard InChI is InChI=1S/C21H20B3ClFNO2/c1-20(2,29-18-10-9-15(25)12-16(18)26)19(28)27-11-3-4-17(27)13-5-7-14(8-6-13)21(22,23)24/h5-10,12,17H,3-4,11H2,1-2H3. The number of hydrogen-bond acceptors (Lipinski definition) is 2.